The van der Waals surface area contributed by atoms with Gasteiger partial charge in [0.1, 0.15) is 12.7 Å². The van der Waals surface area contributed by atoms with E-state index < -0.39 is 72.3 Å². The second-order valence-electron chi connectivity index (χ2n) is 14.5. The van der Waals surface area contributed by atoms with E-state index >= 15 is 0 Å². The fourth-order valence-corrected chi connectivity index (χ4v) is 6.67. The molecule has 0 amide bonds. The molecule has 0 aliphatic heterocycles. The van der Waals surface area contributed by atoms with E-state index in [2.05, 4.69) is 22.9 Å². The maximum Gasteiger partial charge on any atom is 0.472 e. The van der Waals surface area contributed by atoms with Crippen molar-refractivity contribution in [2.75, 3.05) is 26.4 Å². The molecule has 0 spiro atoms. The molecular formula is C42H76O14P2. The fraction of sp³-hybridized carbons (Fsp3) is 0.762. The van der Waals surface area contributed by atoms with Gasteiger partial charge >= 0.3 is 27.6 Å². The summed E-state index contributed by atoms with van der Waals surface area (Å²) in [5.41, 5.74) is 0. The Morgan fingerprint density at radius 1 is 0.569 bits per heavy atom. The number of esters is 2. The molecule has 14 nitrogen and oxygen atoms in total. The molecule has 0 saturated heterocycles. The van der Waals surface area contributed by atoms with E-state index in [4.69, 9.17) is 23.8 Å². The van der Waals surface area contributed by atoms with Gasteiger partial charge in [0.2, 0.25) is 0 Å². The van der Waals surface area contributed by atoms with Gasteiger partial charge in [-0.2, -0.15) is 0 Å². The van der Waals surface area contributed by atoms with Crippen molar-refractivity contribution in [2.24, 2.45) is 0 Å². The Labute approximate surface area is 348 Å². The predicted octanol–water partition coefficient (Wildman–Crippen LogP) is 9.64. The molecule has 0 radical (unpaired) electrons. The molecule has 0 fully saturated rings. The van der Waals surface area contributed by atoms with E-state index in [1.807, 2.05) is 42.5 Å². The average molecular weight is 867 g/mol. The zero-order valence-corrected chi connectivity index (χ0v) is 37.0. The van der Waals surface area contributed by atoms with Crippen molar-refractivity contribution in [2.45, 2.75) is 180 Å². The van der Waals surface area contributed by atoms with Gasteiger partial charge < -0.3 is 34.4 Å². The van der Waals surface area contributed by atoms with Crippen LogP contribution in [0, 0.1) is 0 Å². The third-order valence-corrected chi connectivity index (χ3v) is 10.3. The van der Waals surface area contributed by atoms with Gasteiger partial charge in [-0.1, -0.05) is 159 Å². The van der Waals surface area contributed by atoms with Crippen LogP contribution < -0.4 is 0 Å². The molecule has 1 unspecified atom stereocenters. The molecular weight excluding hydrogens is 790 g/mol. The van der Waals surface area contributed by atoms with Crippen LogP contribution in [0.5, 0.6) is 0 Å². The Bertz CT molecular complexity index is 1230. The van der Waals surface area contributed by atoms with E-state index in [1.165, 1.54) is 57.8 Å². The first kappa shape index (κ1) is 56.0. The fourth-order valence-electron chi connectivity index (χ4n) is 5.51. The van der Waals surface area contributed by atoms with Crippen LogP contribution in [0.2, 0.25) is 0 Å². The molecule has 5 N–H and O–H groups in total. The highest BCUT2D eigenvalue weighted by Crippen LogP contribution is 2.43. The maximum absolute atomic E-state index is 12.6. The van der Waals surface area contributed by atoms with Crippen molar-refractivity contribution in [1.29, 1.82) is 0 Å². The molecule has 4 atom stereocenters. The minimum absolute atomic E-state index is 0.0360. The molecule has 0 heterocycles. The van der Waals surface area contributed by atoms with E-state index in [0.29, 0.717) is 19.3 Å². The van der Waals surface area contributed by atoms with E-state index in [-0.39, 0.29) is 12.8 Å². The predicted molar refractivity (Wildman–Crippen MR) is 227 cm³/mol. The third-order valence-electron chi connectivity index (χ3n) is 8.81. The Morgan fingerprint density at radius 2 is 1.09 bits per heavy atom. The number of aliphatic hydroxyl groups is 2. The Hall–Kier alpha value is -1.96. The van der Waals surface area contributed by atoms with Crippen molar-refractivity contribution in [3.63, 3.8) is 0 Å². The number of hydrogen-bond donors (Lipinski definition) is 5. The van der Waals surface area contributed by atoms with Gasteiger partial charge in [-0.15, -0.1) is 0 Å². The molecule has 16 heteroatoms. The summed E-state index contributed by atoms with van der Waals surface area (Å²) in [6.07, 6.45) is 34.4. The van der Waals surface area contributed by atoms with Crippen molar-refractivity contribution in [3.05, 3.63) is 48.6 Å². The average Bonchev–Trinajstić information content (AvgIpc) is 3.17. The number of carbonyl (C=O) groups is 2. The second kappa shape index (κ2) is 38.0. The van der Waals surface area contributed by atoms with Gasteiger partial charge in [0.15, 0.2) is 6.10 Å². The summed E-state index contributed by atoms with van der Waals surface area (Å²) in [5.74, 6) is -1.12. The van der Waals surface area contributed by atoms with Crippen LogP contribution in [-0.4, -0.2) is 81.6 Å². The lowest BCUT2D eigenvalue weighted by molar-refractivity contribution is -0.161. The molecule has 0 aromatic carbocycles. The number of aliphatic hydroxyl groups excluding tert-OH is 2. The zero-order valence-electron chi connectivity index (χ0n) is 35.2. The van der Waals surface area contributed by atoms with Crippen molar-refractivity contribution in [3.8, 4) is 0 Å². The molecule has 0 aromatic rings. The van der Waals surface area contributed by atoms with Gasteiger partial charge in [-0.3, -0.25) is 23.2 Å². The molecule has 0 bridgehead atoms. The summed E-state index contributed by atoms with van der Waals surface area (Å²) < 4.78 is 47.6. The summed E-state index contributed by atoms with van der Waals surface area (Å²) in [6.45, 7) is 1.56. The first-order chi connectivity index (χ1) is 27.8. The van der Waals surface area contributed by atoms with Crippen molar-refractivity contribution >= 4 is 27.6 Å². The number of rotatable bonds is 40. The monoisotopic (exact) mass is 866 g/mol. The lowest BCUT2D eigenvalue weighted by Gasteiger charge is -2.20. The Balaban J connectivity index is 4.67. The van der Waals surface area contributed by atoms with E-state index in [1.54, 1.807) is 6.08 Å². The summed E-state index contributed by atoms with van der Waals surface area (Å²) in [4.78, 5) is 52.6. The van der Waals surface area contributed by atoms with Crippen LogP contribution in [0.1, 0.15) is 162 Å². The van der Waals surface area contributed by atoms with Crippen molar-refractivity contribution < 1.29 is 66.7 Å². The first-order valence-electron chi connectivity index (χ1n) is 21.4. The minimum atomic E-state index is -4.87. The van der Waals surface area contributed by atoms with Gasteiger partial charge in [0.25, 0.3) is 0 Å². The highest BCUT2D eigenvalue weighted by atomic mass is 31.2. The van der Waals surface area contributed by atoms with Gasteiger partial charge in [-0.25, -0.2) is 9.13 Å². The third kappa shape index (κ3) is 40.8. The van der Waals surface area contributed by atoms with Crippen LogP contribution >= 0.6 is 15.6 Å². The molecule has 0 aromatic heterocycles. The number of ether oxygens (including phenoxy) is 2. The second-order valence-corrected chi connectivity index (χ2v) is 17.2. The highest BCUT2D eigenvalue weighted by molar-refractivity contribution is 7.47. The van der Waals surface area contributed by atoms with Gasteiger partial charge in [-0.05, 0) is 38.5 Å². The van der Waals surface area contributed by atoms with Crippen LogP contribution in [0.15, 0.2) is 48.6 Å². The summed E-state index contributed by atoms with van der Waals surface area (Å²) >= 11 is 0. The first-order valence-corrected chi connectivity index (χ1v) is 24.5. The molecule has 0 aliphatic rings. The van der Waals surface area contributed by atoms with Gasteiger partial charge in [0.05, 0.1) is 25.9 Å². The zero-order chi connectivity index (χ0) is 43.2. The number of phosphoric acid groups is 2. The molecule has 0 rings (SSSR count). The van der Waals surface area contributed by atoms with Crippen molar-refractivity contribution in [1.82, 2.24) is 0 Å². The summed E-state index contributed by atoms with van der Waals surface area (Å²) in [5, 5.41) is 19.6. The number of unbranched alkanes of at least 4 members (excludes halogenated alkanes) is 15. The number of phosphoric ester groups is 2. The molecule has 0 aliphatic carbocycles. The van der Waals surface area contributed by atoms with Crippen LogP contribution in [0.3, 0.4) is 0 Å². The quantitative estimate of drug-likeness (QED) is 0.0127. The van der Waals surface area contributed by atoms with Crippen LogP contribution in [-0.2, 0) is 41.8 Å². The number of allylic oxidation sites excluding steroid dienone is 7. The Morgan fingerprint density at radius 3 is 1.71 bits per heavy atom. The summed E-state index contributed by atoms with van der Waals surface area (Å²) in [7, 11) is -9.70. The van der Waals surface area contributed by atoms with E-state index in [0.717, 1.165) is 57.8 Å². The largest absolute Gasteiger partial charge is 0.472 e. The highest BCUT2D eigenvalue weighted by Gasteiger charge is 2.28. The molecule has 0 saturated carbocycles. The lowest BCUT2D eigenvalue weighted by atomic mass is 10.0. The van der Waals surface area contributed by atoms with Crippen LogP contribution in [0.25, 0.3) is 0 Å². The molecule has 58 heavy (non-hydrogen) atoms. The summed E-state index contributed by atoms with van der Waals surface area (Å²) in [6, 6.07) is 0. The number of carbonyl (C=O) groups excluding carboxylic acids is 2. The topological polar surface area (TPSA) is 216 Å². The number of hydrogen-bond acceptors (Lipinski definition) is 11. The normalized spacial score (nSPS) is 15.1. The van der Waals surface area contributed by atoms with Crippen LogP contribution in [0.4, 0.5) is 0 Å². The SMILES string of the molecule is CCCCCCCCCCCCCCCC(=O)OC[C@H](COP(=O)(O)OC[C@@H](O)COP(=O)(O)O)OC(=O)CCC/C=C\C/C=C\C/C=C\C=C\[C@@H](O)CCCCC. The maximum atomic E-state index is 12.6. The molecule has 338 valence electrons. The smallest absolute Gasteiger partial charge is 0.462 e. The van der Waals surface area contributed by atoms with Gasteiger partial charge in [0, 0.05) is 12.8 Å². The standard InChI is InChI=1S/C42H76O14P2/c1-3-5-7-8-9-10-11-12-15-18-21-24-28-32-41(45)52-36-40(37-55-58(50,51)54-35-39(44)34-53-57(47,48)49)56-42(46)33-29-25-22-19-16-13-14-17-20-23-27-31-38(43)30-26-6-4-2/h13-14,19-20,22-23,27,31,38-40,43-44H,3-12,15-18,21,24-26,28-30,32-37H2,1-2H3,(H,50,51)(H2,47,48,49)/b14-13-,22-19-,23-20-,31-27+/t38-,39-,40+/m0/s1. The Kier molecular flexibility index (Phi) is 36.7. The minimum Gasteiger partial charge on any atom is -0.462 e. The van der Waals surface area contributed by atoms with E-state index in [9.17, 15) is 33.8 Å². The lowest BCUT2D eigenvalue weighted by Crippen LogP contribution is -2.29.